The van der Waals surface area contributed by atoms with E-state index in [9.17, 15) is 0 Å². The molecule has 0 saturated carbocycles. The van der Waals surface area contributed by atoms with Crippen LogP contribution in [0.2, 0.25) is 0 Å². The lowest BCUT2D eigenvalue weighted by molar-refractivity contribution is -0.0831. The fourth-order valence-electron chi connectivity index (χ4n) is 3.46. The molecular weight excluding hydrogens is 266 g/mol. The molecule has 0 aliphatic carbocycles. The van der Waals surface area contributed by atoms with Crippen molar-refractivity contribution in [3.8, 4) is 0 Å². The predicted octanol–water partition coefficient (Wildman–Crippen LogP) is 3.17. The van der Waals surface area contributed by atoms with E-state index in [4.69, 9.17) is 10.5 Å². The smallest absolute Gasteiger partial charge is 0.0783 e. The molecule has 110 valence electrons. The molecule has 3 unspecified atom stereocenters. The van der Waals surface area contributed by atoms with E-state index in [0.29, 0.717) is 5.92 Å². The van der Waals surface area contributed by atoms with Gasteiger partial charge >= 0.3 is 0 Å². The maximum absolute atomic E-state index is 6.51. The SMILES string of the molecule is Cc1ccc(CC(N)C2CCOC3(CCSC3)C2)cc1. The van der Waals surface area contributed by atoms with Gasteiger partial charge in [0.15, 0.2) is 0 Å². The zero-order valence-electron chi connectivity index (χ0n) is 12.3. The van der Waals surface area contributed by atoms with Gasteiger partial charge in [0, 0.05) is 18.4 Å². The summed E-state index contributed by atoms with van der Waals surface area (Å²) in [5, 5.41) is 0. The maximum atomic E-state index is 6.51. The second kappa shape index (κ2) is 6.08. The average Bonchev–Trinajstić information content (AvgIpc) is 2.89. The lowest BCUT2D eigenvalue weighted by Gasteiger charge is -2.40. The Morgan fingerprint density at radius 2 is 2.20 bits per heavy atom. The molecule has 2 aliphatic heterocycles. The molecule has 0 amide bonds. The highest BCUT2D eigenvalue weighted by Crippen LogP contribution is 2.41. The summed E-state index contributed by atoms with van der Waals surface area (Å²) < 4.78 is 6.10. The molecule has 2 heterocycles. The molecule has 3 atom stereocenters. The van der Waals surface area contributed by atoms with Crippen LogP contribution < -0.4 is 5.73 Å². The molecule has 0 bridgehead atoms. The van der Waals surface area contributed by atoms with Crippen molar-refractivity contribution in [1.29, 1.82) is 0 Å². The van der Waals surface area contributed by atoms with E-state index in [0.717, 1.165) is 25.9 Å². The number of benzene rings is 1. The molecular formula is C17H25NOS. The third-order valence-corrected chi connectivity index (χ3v) is 6.02. The Labute approximate surface area is 126 Å². The summed E-state index contributed by atoms with van der Waals surface area (Å²) in [6.07, 6.45) is 4.49. The summed E-state index contributed by atoms with van der Waals surface area (Å²) in [6, 6.07) is 9.07. The number of thioether (sulfide) groups is 1. The fraction of sp³-hybridized carbons (Fsp3) is 0.647. The van der Waals surface area contributed by atoms with Gasteiger partial charge in [0.05, 0.1) is 5.60 Å². The van der Waals surface area contributed by atoms with Gasteiger partial charge in [-0.25, -0.2) is 0 Å². The van der Waals surface area contributed by atoms with E-state index in [-0.39, 0.29) is 11.6 Å². The monoisotopic (exact) mass is 291 g/mol. The van der Waals surface area contributed by atoms with Gasteiger partial charge in [-0.1, -0.05) is 29.8 Å². The Morgan fingerprint density at radius 1 is 1.40 bits per heavy atom. The van der Waals surface area contributed by atoms with Crippen molar-refractivity contribution in [3.05, 3.63) is 35.4 Å². The van der Waals surface area contributed by atoms with Crippen LogP contribution in [0, 0.1) is 12.8 Å². The van der Waals surface area contributed by atoms with Gasteiger partial charge in [-0.05, 0) is 49.8 Å². The lowest BCUT2D eigenvalue weighted by Crippen LogP contribution is -2.46. The van der Waals surface area contributed by atoms with E-state index >= 15 is 0 Å². The maximum Gasteiger partial charge on any atom is 0.0783 e. The van der Waals surface area contributed by atoms with Crippen LogP contribution in [0.1, 0.15) is 30.4 Å². The van der Waals surface area contributed by atoms with Crippen molar-refractivity contribution in [2.45, 2.75) is 44.2 Å². The van der Waals surface area contributed by atoms with Crippen molar-refractivity contribution in [2.75, 3.05) is 18.1 Å². The minimum absolute atomic E-state index is 0.151. The van der Waals surface area contributed by atoms with Crippen LogP contribution in [0.5, 0.6) is 0 Å². The molecule has 2 N–H and O–H groups in total. The Balaban J connectivity index is 1.61. The van der Waals surface area contributed by atoms with Crippen molar-refractivity contribution in [2.24, 2.45) is 11.7 Å². The summed E-state index contributed by atoms with van der Waals surface area (Å²) in [4.78, 5) is 0. The van der Waals surface area contributed by atoms with Gasteiger partial charge in [0.25, 0.3) is 0 Å². The number of hydrogen-bond donors (Lipinski definition) is 1. The number of aryl methyl sites for hydroxylation is 1. The van der Waals surface area contributed by atoms with Crippen molar-refractivity contribution in [3.63, 3.8) is 0 Å². The molecule has 2 nitrogen and oxygen atoms in total. The van der Waals surface area contributed by atoms with Crippen LogP contribution >= 0.6 is 11.8 Å². The molecule has 2 fully saturated rings. The minimum atomic E-state index is 0.151. The highest BCUT2D eigenvalue weighted by Gasteiger charge is 2.41. The first kappa shape index (κ1) is 14.4. The van der Waals surface area contributed by atoms with Gasteiger partial charge in [-0.15, -0.1) is 0 Å². The molecule has 1 aromatic carbocycles. The van der Waals surface area contributed by atoms with Crippen molar-refractivity contribution < 1.29 is 4.74 Å². The Bertz CT molecular complexity index is 439. The molecule has 1 aromatic rings. The van der Waals surface area contributed by atoms with Crippen LogP contribution in [0.15, 0.2) is 24.3 Å². The molecule has 0 aromatic heterocycles. The third kappa shape index (κ3) is 3.21. The molecule has 0 radical (unpaired) electrons. The van der Waals surface area contributed by atoms with Crippen molar-refractivity contribution in [1.82, 2.24) is 0 Å². The molecule has 20 heavy (non-hydrogen) atoms. The van der Waals surface area contributed by atoms with E-state index in [1.54, 1.807) is 0 Å². The van der Waals surface area contributed by atoms with Crippen LogP contribution in [-0.2, 0) is 11.2 Å². The fourth-order valence-corrected chi connectivity index (χ4v) is 4.84. The first-order valence-corrected chi connectivity index (χ1v) is 8.85. The standard InChI is InChI=1S/C17H25NOS/c1-13-2-4-14(5-3-13)10-16(18)15-6-8-19-17(11-15)7-9-20-12-17/h2-5,15-16H,6-12,18H2,1H3. The highest BCUT2D eigenvalue weighted by atomic mass is 32.2. The van der Waals surface area contributed by atoms with Gasteiger partial charge in [-0.2, -0.15) is 11.8 Å². The number of rotatable bonds is 3. The zero-order valence-corrected chi connectivity index (χ0v) is 13.1. The Morgan fingerprint density at radius 3 is 2.90 bits per heavy atom. The Kier molecular flexibility index (Phi) is 4.39. The van der Waals surface area contributed by atoms with Gasteiger partial charge in [0.1, 0.15) is 0 Å². The summed E-state index contributed by atoms with van der Waals surface area (Å²) >= 11 is 2.03. The van der Waals surface area contributed by atoms with Gasteiger partial charge in [0.2, 0.25) is 0 Å². The van der Waals surface area contributed by atoms with Gasteiger partial charge in [-0.3, -0.25) is 0 Å². The van der Waals surface area contributed by atoms with E-state index in [1.165, 1.54) is 29.1 Å². The summed E-state index contributed by atoms with van der Waals surface area (Å²) in [5.41, 5.74) is 9.34. The largest absolute Gasteiger partial charge is 0.374 e. The number of nitrogens with two attached hydrogens (primary N) is 1. The quantitative estimate of drug-likeness (QED) is 0.929. The van der Waals surface area contributed by atoms with E-state index in [1.807, 2.05) is 11.8 Å². The first-order chi connectivity index (χ1) is 9.67. The number of hydrogen-bond acceptors (Lipinski definition) is 3. The molecule has 2 aliphatic rings. The molecule has 3 rings (SSSR count). The topological polar surface area (TPSA) is 35.2 Å². The molecule has 3 heteroatoms. The average molecular weight is 291 g/mol. The normalized spacial score (nSPS) is 31.6. The number of ether oxygens (including phenoxy) is 1. The summed E-state index contributed by atoms with van der Waals surface area (Å²) in [6.45, 7) is 3.02. The van der Waals surface area contributed by atoms with Crippen LogP contribution in [0.4, 0.5) is 0 Å². The van der Waals surface area contributed by atoms with Crippen LogP contribution in [0.25, 0.3) is 0 Å². The van der Waals surface area contributed by atoms with Crippen LogP contribution in [-0.4, -0.2) is 29.8 Å². The van der Waals surface area contributed by atoms with E-state index < -0.39 is 0 Å². The van der Waals surface area contributed by atoms with Crippen molar-refractivity contribution >= 4 is 11.8 Å². The van der Waals surface area contributed by atoms with E-state index in [2.05, 4.69) is 31.2 Å². The van der Waals surface area contributed by atoms with Gasteiger partial charge < -0.3 is 10.5 Å². The zero-order chi connectivity index (χ0) is 14.0. The highest BCUT2D eigenvalue weighted by molar-refractivity contribution is 7.99. The van der Waals surface area contributed by atoms with Crippen LogP contribution in [0.3, 0.4) is 0 Å². The third-order valence-electron chi connectivity index (χ3n) is 4.80. The molecule has 2 saturated heterocycles. The minimum Gasteiger partial charge on any atom is -0.374 e. The summed E-state index contributed by atoms with van der Waals surface area (Å²) in [7, 11) is 0. The molecule has 1 spiro atoms. The second-order valence-corrected chi connectivity index (χ2v) is 7.55. The first-order valence-electron chi connectivity index (χ1n) is 7.70. The lowest BCUT2D eigenvalue weighted by atomic mass is 9.80. The second-order valence-electron chi connectivity index (χ2n) is 6.44. The predicted molar refractivity (Wildman–Crippen MR) is 86.2 cm³/mol. The Hall–Kier alpha value is -0.510. The summed E-state index contributed by atoms with van der Waals surface area (Å²) in [5.74, 6) is 3.03.